The Balaban J connectivity index is 2.02. The number of phenolic OH excluding ortho intramolecular Hbond substituents is 1. The molecule has 3 rings (SSSR count). The number of thiophene rings is 1. The zero-order valence-corrected chi connectivity index (χ0v) is 15.0. The molecular weight excluding hydrogens is 400 g/mol. The third-order valence-corrected chi connectivity index (χ3v) is 5.02. The van der Waals surface area contributed by atoms with Crippen molar-refractivity contribution in [1.82, 2.24) is 0 Å². The van der Waals surface area contributed by atoms with Gasteiger partial charge in [0.15, 0.2) is 17.3 Å². The van der Waals surface area contributed by atoms with Crippen LogP contribution < -0.4 is 9.32 Å². The number of nitrogens with two attached hydrogens (primary N) is 1. The Labute approximate surface area is 156 Å². The summed E-state index contributed by atoms with van der Waals surface area (Å²) in [4.78, 5) is 12.9. The van der Waals surface area contributed by atoms with Crippen LogP contribution in [0.1, 0.15) is 15.2 Å². The van der Waals surface area contributed by atoms with Gasteiger partial charge in [-0.05, 0) is 36.4 Å². The van der Waals surface area contributed by atoms with E-state index in [1.807, 2.05) is 0 Å². The number of hydrogen-bond donors (Lipinski definition) is 2. The van der Waals surface area contributed by atoms with Crippen LogP contribution in [0.25, 0.3) is 10.4 Å². The van der Waals surface area contributed by atoms with Gasteiger partial charge in [0.2, 0.25) is 5.78 Å². The van der Waals surface area contributed by atoms with E-state index >= 15 is 0 Å². The summed E-state index contributed by atoms with van der Waals surface area (Å²) in [7, 11) is -4.27. The minimum atomic E-state index is -4.27. The summed E-state index contributed by atoms with van der Waals surface area (Å²) in [5.41, 5.74) is -0.551. The fourth-order valence-corrected chi connectivity index (χ4v) is 3.72. The molecule has 0 radical (unpaired) electrons. The van der Waals surface area contributed by atoms with Gasteiger partial charge < -0.3 is 9.29 Å². The molecule has 0 aliphatic heterocycles. The van der Waals surface area contributed by atoms with Crippen LogP contribution in [0.4, 0.5) is 8.78 Å². The second-order valence-corrected chi connectivity index (χ2v) is 7.56. The van der Waals surface area contributed by atoms with Crippen molar-refractivity contribution in [2.75, 3.05) is 0 Å². The molecule has 10 heteroatoms. The van der Waals surface area contributed by atoms with E-state index in [-0.39, 0.29) is 10.6 Å². The molecule has 0 aliphatic carbocycles. The molecule has 0 saturated heterocycles. The predicted molar refractivity (Wildman–Crippen MR) is 94.9 cm³/mol. The standard InChI is InChI=1S/C17H11F2NO5S2/c18-10-5-6-11(21)16(19)15(10)17(22)14-8-7-13(26-14)9-3-1-2-4-12(9)25-27(20,23)24/h1-8,21H,(H2,20,23,24). The van der Waals surface area contributed by atoms with Crippen LogP contribution in [0.3, 0.4) is 0 Å². The second kappa shape index (κ2) is 7.06. The minimum Gasteiger partial charge on any atom is -0.505 e. The third-order valence-electron chi connectivity index (χ3n) is 3.49. The van der Waals surface area contributed by atoms with Crippen LogP contribution in [0.2, 0.25) is 0 Å². The molecule has 0 unspecified atom stereocenters. The molecular formula is C17H11F2NO5S2. The molecule has 0 spiro atoms. The van der Waals surface area contributed by atoms with Gasteiger partial charge in [0.25, 0.3) is 0 Å². The highest BCUT2D eigenvalue weighted by Crippen LogP contribution is 2.36. The van der Waals surface area contributed by atoms with Crippen molar-refractivity contribution in [2.24, 2.45) is 5.14 Å². The molecule has 3 N–H and O–H groups in total. The number of para-hydroxylation sites is 1. The first-order valence-corrected chi connectivity index (χ1v) is 9.59. The average molecular weight is 411 g/mol. The van der Waals surface area contributed by atoms with Gasteiger partial charge in [-0.25, -0.2) is 8.78 Å². The number of carbonyl (C=O) groups is 1. The Bertz CT molecular complexity index is 1140. The summed E-state index contributed by atoms with van der Waals surface area (Å²) >= 11 is 0.872. The van der Waals surface area contributed by atoms with E-state index in [0.29, 0.717) is 10.4 Å². The minimum absolute atomic E-state index is 0.0150. The summed E-state index contributed by atoms with van der Waals surface area (Å²) < 4.78 is 54.9. The summed E-state index contributed by atoms with van der Waals surface area (Å²) in [6.45, 7) is 0. The van der Waals surface area contributed by atoms with E-state index in [1.165, 1.54) is 30.3 Å². The van der Waals surface area contributed by atoms with Gasteiger partial charge in [-0.1, -0.05) is 12.1 Å². The summed E-state index contributed by atoms with van der Waals surface area (Å²) in [5, 5.41) is 14.3. The van der Waals surface area contributed by atoms with Crippen molar-refractivity contribution in [2.45, 2.75) is 0 Å². The largest absolute Gasteiger partial charge is 0.505 e. The van der Waals surface area contributed by atoms with Crippen molar-refractivity contribution in [3.8, 4) is 21.9 Å². The summed E-state index contributed by atoms with van der Waals surface area (Å²) in [6, 6.07) is 10.5. The van der Waals surface area contributed by atoms with Crippen LogP contribution >= 0.6 is 11.3 Å². The molecule has 0 saturated carbocycles. The van der Waals surface area contributed by atoms with Crippen LogP contribution in [-0.2, 0) is 10.3 Å². The fraction of sp³-hybridized carbons (Fsp3) is 0. The number of aromatic hydroxyl groups is 1. The molecule has 6 nitrogen and oxygen atoms in total. The maximum Gasteiger partial charge on any atom is 0.380 e. The third kappa shape index (κ3) is 3.97. The first-order chi connectivity index (χ1) is 12.7. The number of halogens is 2. The van der Waals surface area contributed by atoms with Crippen molar-refractivity contribution >= 4 is 27.4 Å². The Morgan fingerprint density at radius 3 is 2.48 bits per heavy atom. The molecule has 0 amide bonds. The van der Waals surface area contributed by atoms with Crippen LogP contribution in [0.15, 0.2) is 48.5 Å². The van der Waals surface area contributed by atoms with Gasteiger partial charge >= 0.3 is 10.3 Å². The molecule has 2 aromatic carbocycles. The Morgan fingerprint density at radius 1 is 1.07 bits per heavy atom. The highest BCUT2D eigenvalue weighted by Gasteiger charge is 2.24. The maximum absolute atomic E-state index is 14.0. The van der Waals surface area contributed by atoms with E-state index in [9.17, 15) is 27.1 Å². The molecule has 0 atom stereocenters. The lowest BCUT2D eigenvalue weighted by molar-refractivity contribution is 0.103. The average Bonchev–Trinajstić information content (AvgIpc) is 3.07. The van der Waals surface area contributed by atoms with Crippen LogP contribution in [0, 0.1) is 11.6 Å². The highest BCUT2D eigenvalue weighted by atomic mass is 32.2. The number of hydrogen-bond acceptors (Lipinski definition) is 6. The van der Waals surface area contributed by atoms with Crippen molar-refractivity contribution < 1.29 is 31.3 Å². The van der Waals surface area contributed by atoms with E-state index < -0.39 is 39.0 Å². The first kappa shape index (κ1) is 19.0. The lowest BCUT2D eigenvalue weighted by atomic mass is 10.1. The normalized spacial score (nSPS) is 11.4. The topological polar surface area (TPSA) is 107 Å². The molecule has 0 aliphatic rings. The first-order valence-electron chi connectivity index (χ1n) is 7.30. The second-order valence-electron chi connectivity index (χ2n) is 5.32. The van der Waals surface area contributed by atoms with Crippen molar-refractivity contribution in [3.63, 3.8) is 0 Å². The van der Waals surface area contributed by atoms with Gasteiger partial charge in [-0.2, -0.15) is 13.6 Å². The molecule has 3 aromatic rings. The summed E-state index contributed by atoms with van der Waals surface area (Å²) in [5.74, 6) is -4.32. The van der Waals surface area contributed by atoms with E-state index in [0.717, 1.165) is 23.5 Å². The fourth-order valence-electron chi connectivity index (χ4n) is 2.35. The van der Waals surface area contributed by atoms with Crippen molar-refractivity contribution in [1.29, 1.82) is 0 Å². The number of carbonyl (C=O) groups excluding carboxylic acids is 1. The zero-order chi connectivity index (χ0) is 19.8. The molecule has 1 aromatic heterocycles. The Hall–Kier alpha value is -2.82. The lowest BCUT2D eigenvalue weighted by Crippen LogP contribution is -2.19. The Kier molecular flexibility index (Phi) is 4.96. The van der Waals surface area contributed by atoms with E-state index in [1.54, 1.807) is 6.07 Å². The number of ketones is 1. The molecule has 27 heavy (non-hydrogen) atoms. The van der Waals surface area contributed by atoms with Gasteiger partial charge in [0.1, 0.15) is 5.82 Å². The number of rotatable bonds is 5. The maximum atomic E-state index is 14.0. The van der Waals surface area contributed by atoms with Gasteiger partial charge in [-0.3, -0.25) is 4.79 Å². The van der Waals surface area contributed by atoms with Crippen LogP contribution in [-0.4, -0.2) is 19.3 Å². The molecule has 0 bridgehead atoms. The predicted octanol–water partition coefficient (Wildman–Crippen LogP) is 3.21. The molecule has 1 heterocycles. The molecule has 140 valence electrons. The van der Waals surface area contributed by atoms with Crippen molar-refractivity contribution in [3.05, 3.63) is 70.6 Å². The number of benzene rings is 2. The summed E-state index contributed by atoms with van der Waals surface area (Å²) in [6.07, 6.45) is 0. The van der Waals surface area contributed by atoms with E-state index in [2.05, 4.69) is 0 Å². The van der Waals surface area contributed by atoms with Gasteiger partial charge in [0, 0.05) is 10.4 Å². The Morgan fingerprint density at radius 2 is 1.78 bits per heavy atom. The lowest BCUT2D eigenvalue weighted by Gasteiger charge is -2.07. The van der Waals surface area contributed by atoms with Crippen LogP contribution in [0.5, 0.6) is 11.5 Å². The zero-order valence-electron chi connectivity index (χ0n) is 13.3. The smallest absolute Gasteiger partial charge is 0.380 e. The monoisotopic (exact) mass is 411 g/mol. The highest BCUT2D eigenvalue weighted by molar-refractivity contribution is 7.84. The molecule has 0 fully saturated rings. The quantitative estimate of drug-likeness (QED) is 0.627. The van der Waals surface area contributed by atoms with E-state index in [4.69, 9.17) is 9.32 Å². The SMILES string of the molecule is NS(=O)(=O)Oc1ccccc1-c1ccc(C(=O)c2c(F)ccc(O)c2F)s1. The number of phenols is 1. The van der Waals surface area contributed by atoms with Gasteiger partial charge in [0.05, 0.1) is 10.4 Å². The van der Waals surface area contributed by atoms with Gasteiger partial charge in [-0.15, -0.1) is 11.3 Å².